The van der Waals surface area contributed by atoms with Crippen LogP contribution >= 0.6 is 0 Å². The summed E-state index contributed by atoms with van der Waals surface area (Å²) >= 11 is 0. The number of hydrogen-bond acceptors (Lipinski definition) is 1. The largest absolute Gasteiger partial charge is 0.316 e. The highest BCUT2D eigenvalue weighted by atomic mass is 14.9. The van der Waals surface area contributed by atoms with Crippen molar-refractivity contribution in [2.24, 2.45) is 17.8 Å². The summed E-state index contributed by atoms with van der Waals surface area (Å²) in [5.41, 5.74) is 0. The molecule has 1 fully saturated rings. The van der Waals surface area contributed by atoms with Crippen molar-refractivity contribution in [2.75, 3.05) is 13.1 Å². The van der Waals surface area contributed by atoms with Crippen LogP contribution in [0, 0.1) is 17.8 Å². The summed E-state index contributed by atoms with van der Waals surface area (Å²) in [5, 5.41) is 3.63. The first kappa shape index (κ1) is 15.8. The van der Waals surface area contributed by atoms with E-state index in [-0.39, 0.29) is 0 Å². The van der Waals surface area contributed by atoms with Gasteiger partial charge in [0, 0.05) is 0 Å². The van der Waals surface area contributed by atoms with Crippen LogP contribution in [0.1, 0.15) is 65.2 Å². The van der Waals surface area contributed by atoms with Crippen molar-refractivity contribution in [3.05, 3.63) is 12.7 Å². The lowest BCUT2D eigenvalue weighted by Crippen LogP contribution is -2.33. The van der Waals surface area contributed by atoms with Crippen molar-refractivity contribution < 1.29 is 0 Å². The molecule has 0 aromatic heterocycles. The van der Waals surface area contributed by atoms with Crippen LogP contribution in [0.4, 0.5) is 0 Å². The van der Waals surface area contributed by atoms with Gasteiger partial charge in [0.2, 0.25) is 0 Å². The predicted octanol–water partition coefficient (Wildman–Crippen LogP) is 4.78. The van der Waals surface area contributed by atoms with Gasteiger partial charge in [-0.1, -0.05) is 39.2 Å². The van der Waals surface area contributed by atoms with E-state index in [0.29, 0.717) is 0 Å². The Balaban J connectivity index is 2.40. The van der Waals surface area contributed by atoms with Gasteiger partial charge in [0.1, 0.15) is 0 Å². The highest BCUT2D eigenvalue weighted by Gasteiger charge is 2.29. The fourth-order valence-corrected chi connectivity index (χ4v) is 3.51. The van der Waals surface area contributed by atoms with Crippen LogP contribution in [0.25, 0.3) is 0 Å². The summed E-state index contributed by atoms with van der Waals surface area (Å²) in [5.74, 6) is 2.87. The monoisotopic (exact) mass is 251 g/mol. The second kappa shape index (κ2) is 9.61. The van der Waals surface area contributed by atoms with Gasteiger partial charge in [0.15, 0.2) is 0 Å². The molecule has 1 saturated carbocycles. The third kappa shape index (κ3) is 5.56. The minimum atomic E-state index is 0.921. The van der Waals surface area contributed by atoms with E-state index >= 15 is 0 Å². The summed E-state index contributed by atoms with van der Waals surface area (Å²) in [6.45, 7) is 10.9. The molecule has 1 N–H and O–H groups in total. The van der Waals surface area contributed by atoms with Crippen LogP contribution in [-0.4, -0.2) is 13.1 Å². The molecule has 3 unspecified atom stereocenters. The standard InChI is InChI=1S/C17H33N/c1-4-7-9-16-13-15(8-5-2)10-11-17(16)14-18-12-6-3/h4,15-18H,1,5-14H2,2-3H3. The Bertz CT molecular complexity index is 212. The summed E-state index contributed by atoms with van der Waals surface area (Å²) in [7, 11) is 0. The molecule has 1 aliphatic rings. The van der Waals surface area contributed by atoms with E-state index in [1.165, 1.54) is 64.5 Å². The lowest BCUT2D eigenvalue weighted by molar-refractivity contribution is 0.160. The molecule has 0 heterocycles. The van der Waals surface area contributed by atoms with Crippen molar-refractivity contribution in [1.82, 2.24) is 5.32 Å². The molecule has 3 atom stereocenters. The molecule has 106 valence electrons. The quantitative estimate of drug-likeness (QED) is 0.459. The first-order valence-electron chi connectivity index (χ1n) is 8.13. The van der Waals surface area contributed by atoms with Crippen LogP contribution in [0.5, 0.6) is 0 Å². The van der Waals surface area contributed by atoms with Gasteiger partial charge in [-0.15, -0.1) is 6.58 Å². The van der Waals surface area contributed by atoms with Crippen molar-refractivity contribution in [3.63, 3.8) is 0 Å². The maximum absolute atomic E-state index is 3.89. The van der Waals surface area contributed by atoms with Gasteiger partial charge in [0.05, 0.1) is 0 Å². The smallest absolute Gasteiger partial charge is 0.00179 e. The van der Waals surface area contributed by atoms with Gasteiger partial charge in [-0.05, 0) is 62.9 Å². The van der Waals surface area contributed by atoms with Gasteiger partial charge in [-0.25, -0.2) is 0 Å². The van der Waals surface area contributed by atoms with Gasteiger partial charge in [-0.3, -0.25) is 0 Å². The molecule has 0 aromatic rings. The second-order valence-electron chi connectivity index (χ2n) is 6.06. The molecule has 1 rings (SSSR count). The van der Waals surface area contributed by atoms with E-state index < -0.39 is 0 Å². The van der Waals surface area contributed by atoms with Crippen molar-refractivity contribution in [2.45, 2.75) is 65.2 Å². The topological polar surface area (TPSA) is 12.0 Å². The van der Waals surface area contributed by atoms with Crippen LogP contribution in [0.2, 0.25) is 0 Å². The average Bonchev–Trinajstić information content (AvgIpc) is 2.39. The van der Waals surface area contributed by atoms with E-state index in [1.54, 1.807) is 0 Å². The summed E-state index contributed by atoms with van der Waals surface area (Å²) in [6.07, 6.45) is 13.1. The van der Waals surface area contributed by atoms with Gasteiger partial charge >= 0.3 is 0 Å². The maximum Gasteiger partial charge on any atom is -0.00179 e. The Morgan fingerprint density at radius 1 is 1.11 bits per heavy atom. The SMILES string of the molecule is C=CCCC1CC(CCC)CCC1CNCCC. The number of rotatable bonds is 9. The first-order chi connectivity index (χ1) is 8.81. The fraction of sp³-hybridized carbons (Fsp3) is 0.882. The Labute approximate surface area is 114 Å². The summed E-state index contributed by atoms with van der Waals surface area (Å²) in [6, 6.07) is 0. The Hall–Kier alpha value is -0.300. The molecule has 0 saturated heterocycles. The lowest BCUT2D eigenvalue weighted by Gasteiger charge is -2.36. The summed E-state index contributed by atoms with van der Waals surface area (Å²) in [4.78, 5) is 0. The van der Waals surface area contributed by atoms with Gasteiger partial charge in [-0.2, -0.15) is 0 Å². The molecule has 0 spiro atoms. The zero-order valence-corrected chi connectivity index (χ0v) is 12.6. The maximum atomic E-state index is 3.89. The molecule has 0 radical (unpaired) electrons. The Morgan fingerprint density at radius 3 is 2.61 bits per heavy atom. The van der Waals surface area contributed by atoms with Crippen LogP contribution in [0.15, 0.2) is 12.7 Å². The van der Waals surface area contributed by atoms with Gasteiger partial charge < -0.3 is 5.32 Å². The molecular formula is C17H33N. The third-order valence-electron chi connectivity index (χ3n) is 4.52. The first-order valence-corrected chi connectivity index (χ1v) is 8.13. The van der Waals surface area contributed by atoms with E-state index in [9.17, 15) is 0 Å². The molecule has 1 aliphatic carbocycles. The normalized spacial score (nSPS) is 28.2. The van der Waals surface area contributed by atoms with Crippen LogP contribution in [-0.2, 0) is 0 Å². The highest BCUT2D eigenvalue weighted by Crippen LogP contribution is 2.38. The van der Waals surface area contributed by atoms with Crippen molar-refractivity contribution >= 4 is 0 Å². The molecule has 0 bridgehead atoms. The van der Waals surface area contributed by atoms with Crippen molar-refractivity contribution in [1.29, 1.82) is 0 Å². The van der Waals surface area contributed by atoms with E-state index in [2.05, 4.69) is 31.8 Å². The molecule has 1 nitrogen and oxygen atoms in total. The number of hydrogen-bond donors (Lipinski definition) is 1. The molecule has 1 heteroatoms. The van der Waals surface area contributed by atoms with Crippen LogP contribution in [0.3, 0.4) is 0 Å². The minimum absolute atomic E-state index is 0.921. The Kier molecular flexibility index (Phi) is 8.41. The predicted molar refractivity (Wildman–Crippen MR) is 81.8 cm³/mol. The zero-order valence-electron chi connectivity index (χ0n) is 12.6. The van der Waals surface area contributed by atoms with E-state index in [4.69, 9.17) is 0 Å². The molecular weight excluding hydrogens is 218 g/mol. The fourth-order valence-electron chi connectivity index (χ4n) is 3.51. The van der Waals surface area contributed by atoms with Crippen molar-refractivity contribution in [3.8, 4) is 0 Å². The lowest BCUT2D eigenvalue weighted by atomic mass is 9.71. The molecule has 18 heavy (non-hydrogen) atoms. The Morgan fingerprint density at radius 2 is 1.94 bits per heavy atom. The minimum Gasteiger partial charge on any atom is -0.316 e. The number of allylic oxidation sites excluding steroid dienone is 1. The average molecular weight is 251 g/mol. The third-order valence-corrected chi connectivity index (χ3v) is 4.52. The number of nitrogens with one attached hydrogen (secondary N) is 1. The van der Waals surface area contributed by atoms with Gasteiger partial charge in [0.25, 0.3) is 0 Å². The van der Waals surface area contributed by atoms with E-state index in [0.717, 1.165) is 17.8 Å². The highest BCUT2D eigenvalue weighted by molar-refractivity contribution is 4.83. The van der Waals surface area contributed by atoms with E-state index in [1.807, 2.05) is 0 Å². The summed E-state index contributed by atoms with van der Waals surface area (Å²) < 4.78 is 0. The molecule has 0 aliphatic heterocycles. The zero-order chi connectivity index (χ0) is 13.2. The molecule has 0 aromatic carbocycles. The second-order valence-corrected chi connectivity index (χ2v) is 6.06. The van der Waals surface area contributed by atoms with Crippen LogP contribution < -0.4 is 5.32 Å². The molecule has 0 amide bonds.